The summed E-state index contributed by atoms with van der Waals surface area (Å²) in [6, 6.07) is 4.02. The largest absolute Gasteiger partial charge is 0.494 e. The molecule has 0 unspecified atom stereocenters. The van der Waals surface area contributed by atoms with E-state index >= 15 is 0 Å². The first-order valence-corrected chi connectivity index (χ1v) is 6.16. The SMILES string of the molecule is CCc1cc(B2OC(C)(C)C(C)(C)O2)ccn1. The second-order valence-corrected chi connectivity index (χ2v) is 5.52. The van der Waals surface area contributed by atoms with Gasteiger partial charge in [-0.05, 0) is 51.7 Å². The molecule has 1 aromatic heterocycles. The van der Waals surface area contributed by atoms with Gasteiger partial charge >= 0.3 is 7.12 Å². The van der Waals surface area contributed by atoms with Crippen molar-refractivity contribution in [2.24, 2.45) is 0 Å². The zero-order valence-electron chi connectivity index (χ0n) is 11.3. The van der Waals surface area contributed by atoms with Gasteiger partial charge in [0.25, 0.3) is 0 Å². The van der Waals surface area contributed by atoms with Crippen molar-refractivity contribution in [2.45, 2.75) is 52.2 Å². The predicted octanol–water partition coefficient (Wildman–Crippen LogP) is 1.94. The van der Waals surface area contributed by atoms with Gasteiger partial charge in [0.15, 0.2) is 0 Å². The van der Waals surface area contributed by atoms with E-state index in [4.69, 9.17) is 9.31 Å². The summed E-state index contributed by atoms with van der Waals surface area (Å²) < 4.78 is 12.0. The van der Waals surface area contributed by atoms with Crippen LogP contribution in [0.4, 0.5) is 0 Å². The molecule has 0 aliphatic carbocycles. The van der Waals surface area contributed by atoms with Crippen molar-refractivity contribution < 1.29 is 9.31 Å². The number of hydrogen-bond donors (Lipinski definition) is 0. The summed E-state index contributed by atoms with van der Waals surface area (Å²) in [5, 5.41) is 0. The molecule has 2 rings (SSSR count). The number of hydrogen-bond acceptors (Lipinski definition) is 3. The van der Waals surface area contributed by atoms with Crippen LogP contribution >= 0.6 is 0 Å². The summed E-state index contributed by atoms with van der Waals surface area (Å²) in [6.45, 7) is 10.4. The lowest BCUT2D eigenvalue weighted by Crippen LogP contribution is -2.41. The number of pyridine rings is 1. The summed E-state index contributed by atoms with van der Waals surface area (Å²) >= 11 is 0. The highest BCUT2D eigenvalue weighted by molar-refractivity contribution is 6.62. The monoisotopic (exact) mass is 233 g/mol. The Labute approximate surface area is 104 Å². The third-order valence-electron chi connectivity index (χ3n) is 3.73. The summed E-state index contributed by atoms with van der Waals surface area (Å²) in [6.07, 6.45) is 2.74. The minimum Gasteiger partial charge on any atom is -0.399 e. The fourth-order valence-electron chi connectivity index (χ4n) is 1.82. The van der Waals surface area contributed by atoms with E-state index in [0.717, 1.165) is 17.6 Å². The summed E-state index contributed by atoms with van der Waals surface area (Å²) in [5.41, 5.74) is 1.55. The molecular formula is C13H20BNO2. The minimum absolute atomic E-state index is 0.284. The summed E-state index contributed by atoms with van der Waals surface area (Å²) in [5.74, 6) is 0. The first kappa shape index (κ1) is 12.6. The van der Waals surface area contributed by atoms with E-state index in [1.165, 1.54) is 0 Å². The van der Waals surface area contributed by atoms with Gasteiger partial charge in [-0.2, -0.15) is 0 Å². The Morgan fingerprint density at radius 3 is 2.29 bits per heavy atom. The highest BCUT2D eigenvalue weighted by Gasteiger charge is 2.51. The number of aromatic nitrogens is 1. The van der Waals surface area contributed by atoms with E-state index in [9.17, 15) is 0 Å². The molecule has 0 radical (unpaired) electrons. The maximum absolute atomic E-state index is 6.00. The zero-order chi connectivity index (χ0) is 12.7. The molecule has 17 heavy (non-hydrogen) atoms. The van der Waals surface area contributed by atoms with Gasteiger partial charge in [0.05, 0.1) is 11.2 Å². The van der Waals surface area contributed by atoms with E-state index in [1.54, 1.807) is 0 Å². The molecule has 0 bridgehead atoms. The van der Waals surface area contributed by atoms with E-state index in [2.05, 4.69) is 45.7 Å². The standard InChI is InChI=1S/C13H20BNO2/c1-6-11-9-10(7-8-15-11)14-16-12(2,3)13(4,5)17-14/h7-9H,6H2,1-5H3. The number of aryl methyl sites for hydroxylation is 1. The van der Waals surface area contributed by atoms with Crippen molar-refractivity contribution in [3.05, 3.63) is 24.0 Å². The second-order valence-electron chi connectivity index (χ2n) is 5.52. The van der Waals surface area contributed by atoms with Crippen LogP contribution in [0.3, 0.4) is 0 Å². The topological polar surface area (TPSA) is 31.4 Å². The normalized spacial score (nSPS) is 21.8. The molecule has 1 fully saturated rings. The molecule has 1 saturated heterocycles. The molecule has 3 nitrogen and oxygen atoms in total. The molecule has 92 valence electrons. The molecule has 0 saturated carbocycles. The molecule has 1 aromatic rings. The van der Waals surface area contributed by atoms with Crippen LogP contribution in [0.15, 0.2) is 18.3 Å². The Morgan fingerprint density at radius 1 is 1.18 bits per heavy atom. The third kappa shape index (κ3) is 2.24. The molecule has 0 atom stereocenters. The Kier molecular flexibility index (Phi) is 3.04. The fraction of sp³-hybridized carbons (Fsp3) is 0.615. The van der Waals surface area contributed by atoms with Gasteiger partial charge in [0, 0.05) is 11.9 Å². The highest BCUT2D eigenvalue weighted by Crippen LogP contribution is 2.36. The van der Waals surface area contributed by atoms with Crippen LogP contribution in [0.2, 0.25) is 0 Å². The minimum atomic E-state index is -0.284. The highest BCUT2D eigenvalue weighted by atomic mass is 16.7. The Morgan fingerprint density at radius 2 is 1.76 bits per heavy atom. The maximum atomic E-state index is 6.00. The van der Waals surface area contributed by atoms with E-state index in [1.807, 2.05) is 12.3 Å². The molecule has 0 aromatic carbocycles. The van der Waals surface area contributed by atoms with Crippen LogP contribution in [-0.4, -0.2) is 23.3 Å². The molecule has 4 heteroatoms. The third-order valence-corrected chi connectivity index (χ3v) is 3.73. The van der Waals surface area contributed by atoms with E-state index in [-0.39, 0.29) is 18.3 Å². The molecule has 0 amide bonds. The van der Waals surface area contributed by atoms with Crippen molar-refractivity contribution in [3.8, 4) is 0 Å². The van der Waals surface area contributed by atoms with Crippen molar-refractivity contribution in [1.82, 2.24) is 4.98 Å². The lowest BCUT2D eigenvalue weighted by Gasteiger charge is -2.32. The summed E-state index contributed by atoms with van der Waals surface area (Å²) in [4.78, 5) is 4.29. The average Bonchev–Trinajstić information content (AvgIpc) is 2.48. The van der Waals surface area contributed by atoms with E-state index < -0.39 is 0 Å². The van der Waals surface area contributed by atoms with Crippen molar-refractivity contribution in [2.75, 3.05) is 0 Å². The Hall–Kier alpha value is -0.865. The molecule has 2 heterocycles. The Bertz CT molecular complexity index is 402. The number of nitrogens with zero attached hydrogens (tertiary/aromatic N) is 1. The van der Waals surface area contributed by atoms with Gasteiger partial charge in [0.2, 0.25) is 0 Å². The first-order chi connectivity index (χ1) is 7.86. The Balaban J connectivity index is 2.25. The smallest absolute Gasteiger partial charge is 0.399 e. The van der Waals surface area contributed by atoms with Crippen molar-refractivity contribution in [3.63, 3.8) is 0 Å². The zero-order valence-corrected chi connectivity index (χ0v) is 11.3. The lowest BCUT2D eigenvalue weighted by atomic mass is 9.79. The molecule has 0 N–H and O–H groups in total. The fourth-order valence-corrected chi connectivity index (χ4v) is 1.82. The van der Waals surface area contributed by atoms with Gasteiger partial charge in [-0.25, -0.2) is 0 Å². The van der Waals surface area contributed by atoms with Gasteiger partial charge in [-0.3, -0.25) is 4.98 Å². The molecule has 1 aliphatic rings. The van der Waals surface area contributed by atoms with Crippen LogP contribution in [0.25, 0.3) is 0 Å². The summed E-state index contributed by atoms with van der Waals surface area (Å²) in [7, 11) is -0.284. The van der Waals surface area contributed by atoms with Crippen molar-refractivity contribution in [1.29, 1.82) is 0 Å². The van der Waals surface area contributed by atoms with Crippen LogP contribution < -0.4 is 5.46 Å². The lowest BCUT2D eigenvalue weighted by molar-refractivity contribution is 0.00578. The van der Waals surface area contributed by atoms with Crippen molar-refractivity contribution >= 4 is 12.6 Å². The van der Waals surface area contributed by atoms with Gasteiger partial charge in [-0.1, -0.05) is 6.92 Å². The van der Waals surface area contributed by atoms with Crippen LogP contribution in [0.1, 0.15) is 40.3 Å². The quantitative estimate of drug-likeness (QED) is 0.731. The molecular weight excluding hydrogens is 213 g/mol. The van der Waals surface area contributed by atoms with Crippen LogP contribution in [-0.2, 0) is 15.7 Å². The second kappa shape index (κ2) is 4.11. The van der Waals surface area contributed by atoms with E-state index in [0.29, 0.717) is 0 Å². The number of rotatable bonds is 2. The molecule has 1 aliphatic heterocycles. The maximum Gasteiger partial charge on any atom is 0.494 e. The molecule has 0 spiro atoms. The van der Waals surface area contributed by atoms with Gasteiger partial charge < -0.3 is 9.31 Å². The van der Waals surface area contributed by atoms with Crippen LogP contribution in [0, 0.1) is 0 Å². The predicted molar refractivity (Wildman–Crippen MR) is 69.3 cm³/mol. The van der Waals surface area contributed by atoms with Crippen LogP contribution in [0.5, 0.6) is 0 Å². The first-order valence-electron chi connectivity index (χ1n) is 6.16. The average molecular weight is 233 g/mol. The van der Waals surface area contributed by atoms with Gasteiger partial charge in [-0.15, -0.1) is 0 Å². The van der Waals surface area contributed by atoms with Gasteiger partial charge in [0.1, 0.15) is 0 Å².